The molecule has 1 aliphatic heterocycles. The van der Waals surface area contributed by atoms with Crippen LogP contribution in [-0.2, 0) is 0 Å². The van der Waals surface area contributed by atoms with Gasteiger partial charge in [-0.3, -0.25) is 4.79 Å². The zero-order valence-electron chi connectivity index (χ0n) is 15.2. The van der Waals surface area contributed by atoms with Gasteiger partial charge in [0.25, 0.3) is 5.56 Å². The highest BCUT2D eigenvalue weighted by molar-refractivity contribution is 5.75. The van der Waals surface area contributed by atoms with E-state index in [0.29, 0.717) is 28.6 Å². The van der Waals surface area contributed by atoms with Crippen molar-refractivity contribution in [3.63, 3.8) is 0 Å². The van der Waals surface area contributed by atoms with Crippen LogP contribution in [-0.4, -0.2) is 42.6 Å². The predicted molar refractivity (Wildman–Crippen MR) is 103 cm³/mol. The van der Waals surface area contributed by atoms with Crippen LogP contribution in [0.3, 0.4) is 0 Å². The lowest BCUT2D eigenvalue weighted by Gasteiger charge is -2.27. The average molecular weight is 389 g/mol. The smallest absolute Gasteiger partial charge is 0.288 e. The molecule has 2 aromatic heterocycles. The first-order valence-corrected chi connectivity index (χ1v) is 8.76. The van der Waals surface area contributed by atoms with Crippen LogP contribution in [0.1, 0.15) is 17.2 Å². The maximum absolute atomic E-state index is 12.6. The Kier molecular flexibility index (Phi) is 3.76. The number of aromatic hydroxyl groups is 1. The van der Waals surface area contributed by atoms with Gasteiger partial charge in [-0.1, -0.05) is 17.2 Å². The number of ether oxygens (including phenoxy) is 1. The summed E-state index contributed by atoms with van der Waals surface area (Å²) in [6.07, 6.45) is 0. The molecule has 10 heteroatoms. The highest BCUT2D eigenvalue weighted by Crippen LogP contribution is 2.41. The van der Waals surface area contributed by atoms with Crippen LogP contribution in [0.4, 0.5) is 11.6 Å². The number of aromatic nitrogens is 6. The highest BCUT2D eigenvalue weighted by atomic mass is 16.5. The molecule has 0 fully saturated rings. The molecule has 0 unspecified atom stereocenters. The summed E-state index contributed by atoms with van der Waals surface area (Å²) in [4.78, 5) is 12.6. The van der Waals surface area contributed by atoms with Gasteiger partial charge in [0, 0.05) is 11.1 Å². The largest absolute Gasteiger partial charge is 0.508 e. The standard InChI is InChI=1S/C19H15N7O3/c1-29-13-8-4-10(5-9-13)15-14-16(18(28)22-21-15)20-19-23-24-25-26(19)17(14)11-2-6-12(27)7-3-11/h2-9,17,27H,1H3,(H,22,28)(H,20,23,25)/t17-/m1/s1. The van der Waals surface area contributed by atoms with Gasteiger partial charge in [0.05, 0.1) is 12.8 Å². The summed E-state index contributed by atoms with van der Waals surface area (Å²) in [5.41, 5.74) is 2.74. The van der Waals surface area contributed by atoms with E-state index < -0.39 is 6.04 Å². The Morgan fingerprint density at radius 2 is 1.86 bits per heavy atom. The first-order chi connectivity index (χ1) is 14.2. The Morgan fingerprint density at radius 3 is 2.59 bits per heavy atom. The van der Waals surface area contributed by atoms with Gasteiger partial charge < -0.3 is 15.2 Å². The summed E-state index contributed by atoms with van der Waals surface area (Å²) >= 11 is 0. The molecule has 0 amide bonds. The van der Waals surface area contributed by atoms with Crippen molar-refractivity contribution in [2.45, 2.75) is 6.04 Å². The minimum Gasteiger partial charge on any atom is -0.508 e. The first-order valence-electron chi connectivity index (χ1n) is 8.76. The van der Waals surface area contributed by atoms with Gasteiger partial charge in [0.1, 0.15) is 23.2 Å². The number of nitrogens with one attached hydrogen (secondary N) is 2. The number of nitrogens with zero attached hydrogens (tertiary/aromatic N) is 5. The molecule has 144 valence electrons. The van der Waals surface area contributed by atoms with Gasteiger partial charge >= 0.3 is 0 Å². The number of phenols is 1. The second-order valence-corrected chi connectivity index (χ2v) is 6.48. The van der Waals surface area contributed by atoms with Crippen molar-refractivity contribution < 1.29 is 9.84 Å². The van der Waals surface area contributed by atoms with E-state index in [1.807, 2.05) is 24.3 Å². The topological polar surface area (TPSA) is 131 Å². The molecule has 10 nitrogen and oxygen atoms in total. The molecular formula is C19H15N7O3. The molecule has 1 aliphatic rings. The van der Waals surface area contributed by atoms with Gasteiger partial charge in [-0.2, -0.15) is 9.78 Å². The van der Waals surface area contributed by atoms with Crippen molar-refractivity contribution in [2.75, 3.05) is 12.4 Å². The van der Waals surface area contributed by atoms with Crippen LogP contribution in [0.15, 0.2) is 53.3 Å². The third-order valence-corrected chi connectivity index (χ3v) is 4.84. The maximum Gasteiger partial charge on any atom is 0.288 e. The molecule has 0 bridgehead atoms. The second-order valence-electron chi connectivity index (χ2n) is 6.48. The van der Waals surface area contributed by atoms with Crippen molar-refractivity contribution in [1.82, 2.24) is 30.4 Å². The normalized spacial score (nSPS) is 14.6. The summed E-state index contributed by atoms with van der Waals surface area (Å²) in [6, 6.07) is 13.5. The number of hydrogen-bond donors (Lipinski definition) is 3. The van der Waals surface area contributed by atoms with Crippen LogP contribution in [0.2, 0.25) is 0 Å². The van der Waals surface area contributed by atoms with Crippen LogP contribution in [0.25, 0.3) is 11.3 Å². The number of H-pyrrole nitrogens is 1. The number of benzene rings is 2. The van der Waals surface area contributed by atoms with E-state index in [9.17, 15) is 9.90 Å². The molecule has 29 heavy (non-hydrogen) atoms. The molecule has 2 aromatic carbocycles. The average Bonchev–Trinajstić information content (AvgIpc) is 3.22. The SMILES string of the molecule is COc1ccc(-c2n[nH]c(=O)c3c2[C@@H](c2ccc(O)cc2)n2nnnc2N3)cc1. The Labute approximate surface area is 163 Å². The van der Waals surface area contributed by atoms with Crippen LogP contribution in [0, 0.1) is 0 Å². The monoisotopic (exact) mass is 389 g/mol. The molecule has 5 rings (SSSR count). The van der Waals surface area contributed by atoms with E-state index in [4.69, 9.17) is 4.74 Å². The number of hydrogen-bond acceptors (Lipinski definition) is 8. The first kappa shape index (κ1) is 16.9. The summed E-state index contributed by atoms with van der Waals surface area (Å²) in [5.74, 6) is 1.19. The Hall–Kier alpha value is -4.21. The van der Waals surface area contributed by atoms with Crippen molar-refractivity contribution in [3.05, 3.63) is 70.0 Å². The quantitative estimate of drug-likeness (QED) is 0.426. The second kappa shape index (κ2) is 6.44. The van der Waals surface area contributed by atoms with E-state index in [-0.39, 0.29) is 11.3 Å². The lowest BCUT2D eigenvalue weighted by molar-refractivity contribution is 0.415. The zero-order valence-corrected chi connectivity index (χ0v) is 15.2. The van der Waals surface area contributed by atoms with E-state index in [2.05, 4.69) is 31.0 Å². The minimum atomic E-state index is -0.510. The van der Waals surface area contributed by atoms with Crippen molar-refractivity contribution in [3.8, 4) is 22.8 Å². The summed E-state index contributed by atoms with van der Waals surface area (Å²) in [7, 11) is 1.60. The maximum atomic E-state index is 12.6. The lowest BCUT2D eigenvalue weighted by atomic mass is 9.92. The van der Waals surface area contributed by atoms with E-state index >= 15 is 0 Å². The van der Waals surface area contributed by atoms with Crippen molar-refractivity contribution >= 4 is 11.6 Å². The molecule has 0 radical (unpaired) electrons. The fraction of sp³-hybridized carbons (Fsp3) is 0.105. The van der Waals surface area contributed by atoms with E-state index in [1.54, 1.807) is 36.1 Å². The van der Waals surface area contributed by atoms with Gasteiger partial charge in [-0.05, 0) is 52.4 Å². The van der Waals surface area contributed by atoms with Crippen molar-refractivity contribution in [2.24, 2.45) is 0 Å². The highest BCUT2D eigenvalue weighted by Gasteiger charge is 2.34. The molecule has 0 saturated heterocycles. The molecule has 3 N–H and O–H groups in total. The van der Waals surface area contributed by atoms with Gasteiger partial charge in [-0.15, -0.1) is 0 Å². The molecule has 4 aromatic rings. The Balaban J connectivity index is 1.78. The summed E-state index contributed by atoms with van der Waals surface area (Å²) < 4.78 is 6.82. The number of methoxy groups -OCH3 is 1. The number of phenolic OH excluding ortho intramolecular Hbond substituents is 1. The number of aromatic amines is 1. The molecule has 0 saturated carbocycles. The van der Waals surface area contributed by atoms with Crippen LogP contribution < -0.4 is 15.6 Å². The van der Waals surface area contributed by atoms with Crippen molar-refractivity contribution in [1.29, 1.82) is 0 Å². The van der Waals surface area contributed by atoms with Gasteiger partial charge in [0.15, 0.2) is 0 Å². The Bertz CT molecular complexity index is 1250. The fourth-order valence-electron chi connectivity index (χ4n) is 3.47. The van der Waals surface area contributed by atoms with E-state index in [1.165, 1.54) is 0 Å². The third-order valence-electron chi connectivity index (χ3n) is 4.84. The van der Waals surface area contributed by atoms with Crippen LogP contribution >= 0.6 is 0 Å². The number of tetrazole rings is 1. The minimum absolute atomic E-state index is 0.138. The van der Waals surface area contributed by atoms with E-state index in [0.717, 1.165) is 11.1 Å². The molecule has 0 spiro atoms. The number of fused-ring (bicyclic) bond motifs is 2. The summed E-state index contributed by atoms with van der Waals surface area (Å²) in [6.45, 7) is 0. The summed E-state index contributed by atoms with van der Waals surface area (Å²) in [5, 5.41) is 31.4. The molecule has 1 atom stereocenters. The predicted octanol–water partition coefficient (Wildman–Crippen LogP) is 1.83. The molecule has 3 heterocycles. The molecular weight excluding hydrogens is 374 g/mol. The molecule has 0 aliphatic carbocycles. The number of rotatable bonds is 3. The lowest BCUT2D eigenvalue weighted by Crippen LogP contribution is -2.29. The zero-order chi connectivity index (χ0) is 20.0. The number of anilines is 2. The Morgan fingerprint density at radius 1 is 1.10 bits per heavy atom. The van der Waals surface area contributed by atoms with Gasteiger partial charge in [0.2, 0.25) is 5.95 Å². The van der Waals surface area contributed by atoms with Gasteiger partial charge in [-0.25, -0.2) is 5.10 Å². The van der Waals surface area contributed by atoms with Crippen LogP contribution in [0.5, 0.6) is 11.5 Å². The fourth-order valence-corrected chi connectivity index (χ4v) is 3.47. The third kappa shape index (κ3) is 2.69.